The number of anilines is 2. The highest BCUT2D eigenvalue weighted by atomic mass is 32.1. The number of nitrogens with zero attached hydrogens (tertiary/aromatic N) is 6. The summed E-state index contributed by atoms with van der Waals surface area (Å²) < 4.78 is 3.30. The van der Waals surface area contributed by atoms with Crippen LogP contribution in [-0.2, 0) is 6.54 Å². The number of thiazole rings is 1. The van der Waals surface area contributed by atoms with Gasteiger partial charge < -0.3 is 14.8 Å². The lowest BCUT2D eigenvalue weighted by Gasteiger charge is -2.17. The molecule has 1 aliphatic heterocycles. The van der Waals surface area contributed by atoms with Crippen molar-refractivity contribution in [2.75, 3.05) is 29.9 Å². The molecule has 0 bridgehead atoms. The Labute approximate surface area is 167 Å². The number of imidazole rings is 1. The molecule has 144 valence electrons. The SMILES string of the molecule is CCCNc1nc(N2CCCC2)c2ncn(Cc3nc4ccccc4s3)c2n1. The third kappa shape index (κ3) is 3.17. The highest BCUT2D eigenvalue weighted by molar-refractivity contribution is 7.18. The quantitative estimate of drug-likeness (QED) is 0.536. The molecule has 8 heteroatoms. The Kier molecular flexibility index (Phi) is 4.56. The summed E-state index contributed by atoms with van der Waals surface area (Å²) in [6.07, 6.45) is 5.31. The summed E-state index contributed by atoms with van der Waals surface area (Å²) in [6.45, 7) is 5.73. The lowest BCUT2D eigenvalue weighted by atomic mass is 10.3. The highest BCUT2D eigenvalue weighted by Gasteiger charge is 2.21. The Bertz CT molecular complexity index is 1080. The summed E-state index contributed by atoms with van der Waals surface area (Å²) in [4.78, 5) is 21.4. The maximum atomic E-state index is 4.79. The largest absolute Gasteiger partial charge is 0.355 e. The second kappa shape index (κ2) is 7.35. The first-order valence-electron chi connectivity index (χ1n) is 9.88. The maximum Gasteiger partial charge on any atom is 0.226 e. The van der Waals surface area contributed by atoms with Crippen molar-refractivity contribution in [2.24, 2.45) is 0 Å². The number of hydrogen-bond acceptors (Lipinski definition) is 7. The van der Waals surface area contributed by atoms with Gasteiger partial charge in [0.15, 0.2) is 17.0 Å². The van der Waals surface area contributed by atoms with Crippen LogP contribution in [0.1, 0.15) is 31.2 Å². The Morgan fingerprint density at radius 1 is 1.11 bits per heavy atom. The molecule has 0 atom stereocenters. The molecule has 1 aromatic carbocycles. The summed E-state index contributed by atoms with van der Waals surface area (Å²) in [5.74, 6) is 1.63. The molecule has 4 heterocycles. The summed E-state index contributed by atoms with van der Waals surface area (Å²) in [6, 6.07) is 8.25. The van der Waals surface area contributed by atoms with Crippen LogP contribution in [0.3, 0.4) is 0 Å². The van der Waals surface area contributed by atoms with E-state index in [4.69, 9.17) is 15.0 Å². The second-order valence-electron chi connectivity index (χ2n) is 7.11. The van der Waals surface area contributed by atoms with E-state index in [1.807, 2.05) is 12.4 Å². The van der Waals surface area contributed by atoms with Crippen molar-refractivity contribution >= 4 is 44.5 Å². The number of fused-ring (bicyclic) bond motifs is 2. The van der Waals surface area contributed by atoms with Crippen LogP contribution in [0, 0.1) is 0 Å². The van der Waals surface area contributed by atoms with E-state index in [0.717, 1.165) is 53.6 Å². The van der Waals surface area contributed by atoms with Crippen LogP contribution < -0.4 is 10.2 Å². The van der Waals surface area contributed by atoms with Crippen molar-refractivity contribution in [3.63, 3.8) is 0 Å². The molecule has 0 radical (unpaired) electrons. The van der Waals surface area contributed by atoms with E-state index in [1.165, 1.54) is 17.5 Å². The molecular formula is C20H23N7S. The Hall–Kier alpha value is -2.74. The summed E-state index contributed by atoms with van der Waals surface area (Å²) in [5, 5.41) is 4.41. The van der Waals surface area contributed by atoms with Crippen molar-refractivity contribution in [3.05, 3.63) is 35.6 Å². The van der Waals surface area contributed by atoms with Gasteiger partial charge in [-0.3, -0.25) is 0 Å². The third-order valence-corrected chi connectivity index (χ3v) is 6.05. The minimum atomic E-state index is 0.666. The van der Waals surface area contributed by atoms with Crippen LogP contribution in [0.4, 0.5) is 11.8 Å². The number of rotatable bonds is 6. The Balaban J connectivity index is 1.55. The predicted molar refractivity (Wildman–Crippen MR) is 114 cm³/mol. The maximum absolute atomic E-state index is 4.79. The fourth-order valence-corrected chi connectivity index (χ4v) is 4.61. The van der Waals surface area contributed by atoms with Gasteiger partial charge in [-0.2, -0.15) is 9.97 Å². The van der Waals surface area contributed by atoms with Gasteiger partial charge in [0.1, 0.15) is 5.01 Å². The summed E-state index contributed by atoms with van der Waals surface area (Å²) >= 11 is 1.72. The predicted octanol–water partition coefficient (Wildman–Crippen LogP) is 3.91. The zero-order valence-corrected chi connectivity index (χ0v) is 16.7. The van der Waals surface area contributed by atoms with E-state index in [1.54, 1.807) is 11.3 Å². The normalized spacial score (nSPS) is 14.4. The molecule has 0 spiro atoms. The molecule has 1 N–H and O–H groups in total. The molecule has 4 aromatic rings. The Morgan fingerprint density at radius 3 is 2.79 bits per heavy atom. The van der Waals surface area contributed by atoms with E-state index in [2.05, 4.69) is 44.9 Å². The van der Waals surface area contributed by atoms with Crippen molar-refractivity contribution in [1.29, 1.82) is 0 Å². The van der Waals surface area contributed by atoms with E-state index >= 15 is 0 Å². The molecule has 0 saturated carbocycles. The Morgan fingerprint density at radius 2 is 1.96 bits per heavy atom. The minimum absolute atomic E-state index is 0.666. The zero-order chi connectivity index (χ0) is 18.9. The van der Waals surface area contributed by atoms with E-state index in [0.29, 0.717) is 12.5 Å². The van der Waals surface area contributed by atoms with Crippen molar-refractivity contribution < 1.29 is 0 Å². The van der Waals surface area contributed by atoms with Crippen molar-refractivity contribution in [3.8, 4) is 0 Å². The van der Waals surface area contributed by atoms with E-state index in [9.17, 15) is 0 Å². The van der Waals surface area contributed by atoms with Crippen molar-refractivity contribution in [2.45, 2.75) is 32.7 Å². The highest BCUT2D eigenvalue weighted by Crippen LogP contribution is 2.28. The zero-order valence-electron chi connectivity index (χ0n) is 15.9. The molecule has 0 unspecified atom stereocenters. The molecule has 0 aliphatic carbocycles. The number of aromatic nitrogens is 5. The van der Waals surface area contributed by atoms with Gasteiger partial charge in [-0.1, -0.05) is 19.1 Å². The van der Waals surface area contributed by atoms with Gasteiger partial charge in [-0.05, 0) is 31.4 Å². The molecule has 3 aromatic heterocycles. The number of benzene rings is 1. The fourth-order valence-electron chi connectivity index (χ4n) is 3.64. The molecule has 1 fully saturated rings. The summed E-state index contributed by atoms with van der Waals surface area (Å²) in [5.41, 5.74) is 2.80. The standard InChI is InChI=1S/C20H23N7S/c1-2-9-21-20-24-18(26-10-5-6-11-26)17-19(25-20)27(13-22-17)12-16-23-14-7-3-4-8-15(14)28-16/h3-4,7-8,13H,2,5-6,9-12H2,1H3,(H,21,24,25). The first kappa shape index (κ1) is 17.4. The number of para-hydroxylation sites is 1. The fraction of sp³-hybridized carbons (Fsp3) is 0.400. The van der Waals surface area contributed by atoms with Gasteiger partial charge in [0, 0.05) is 19.6 Å². The van der Waals surface area contributed by atoms with Gasteiger partial charge >= 0.3 is 0 Å². The monoisotopic (exact) mass is 393 g/mol. The van der Waals surface area contributed by atoms with Gasteiger partial charge in [0.2, 0.25) is 5.95 Å². The smallest absolute Gasteiger partial charge is 0.226 e. The van der Waals surface area contributed by atoms with E-state index in [-0.39, 0.29) is 0 Å². The summed E-state index contributed by atoms with van der Waals surface area (Å²) in [7, 11) is 0. The molecular weight excluding hydrogens is 370 g/mol. The van der Waals surface area contributed by atoms with Crippen LogP contribution in [0.15, 0.2) is 30.6 Å². The number of nitrogens with one attached hydrogen (secondary N) is 1. The first-order valence-corrected chi connectivity index (χ1v) is 10.7. The van der Waals surface area contributed by atoms with Gasteiger partial charge in [0.05, 0.1) is 23.1 Å². The second-order valence-corrected chi connectivity index (χ2v) is 8.23. The lowest BCUT2D eigenvalue weighted by Crippen LogP contribution is -2.20. The molecule has 0 amide bonds. The average molecular weight is 394 g/mol. The average Bonchev–Trinajstić information content (AvgIpc) is 3.46. The van der Waals surface area contributed by atoms with Gasteiger partial charge in [-0.25, -0.2) is 9.97 Å². The molecule has 5 rings (SSSR count). The first-order chi connectivity index (χ1) is 13.8. The molecule has 28 heavy (non-hydrogen) atoms. The van der Waals surface area contributed by atoms with Crippen LogP contribution in [0.5, 0.6) is 0 Å². The van der Waals surface area contributed by atoms with Crippen LogP contribution in [0.2, 0.25) is 0 Å². The van der Waals surface area contributed by atoms with Gasteiger partial charge in [-0.15, -0.1) is 11.3 Å². The van der Waals surface area contributed by atoms with E-state index < -0.39 is 0 Å². The van der Waals surface area contributed by atoms with Crippen LogP contribution in [-0.4, -0.2) is 44.1 Å². The number of hydrogen-bond donors (Lipinski definition) is 1. The molecule has 7 nitrogen and oxygen atoms in total. The topological polar surface area (TPSA) is 71.8 Å². The van der Waals surface area contributed by atoms with Crippen LogP contribution >= 0.6 is 11.3 Å². The lowest BCUT2D eigenvalue weighted by molar-refractivity contribution is 0.807. The molecule has 1 saturated heterocycles. The third-order valence-electron chi connectivity index (χ3n) is 5.03. The molecule has 1 aliphatic rings. The van der Waals surface area contributed by atoms with Crippen LogP contribution in [0.25, 0.3) is 21.4 Å². The van der Waals surface area contributed by atoms with Gasteiger partial charge in [0.25, 0.3) is 0 Å². The van der Waals surface area contributed by atoms with Crippen molar-refractivity contribution in [1.82, 2.24) is 24.5 Å². The minimum Gasteiger partial charge on any atom is -0.355 e.